The summed E-state index contributed by atoms with van der Waals surface area (Å²) in [7, 11) is -12.0. The Labute approximate surface area is 275 Å². The largest absolute Gasteiger partial charge is 0.636 e. The number of benzene rings is 3. The van der Waals surface area contributed by atoms with Gasteiger partial charge in [-0.2, -0.15) is 0 Å². The summed E-state index contributed by atoms with van der Waals surface area (Å²) in [5.41, 5.74) is 4.05. The lowest BCUT2D eigenvalue weighted by atomic mass is 10.0. The van der Waals surface area contributed by atoms with E-state index in [1.807, 2.05) is 0 Å². The van der Waals surface area contributed by atoms with E-state index in [1.165, 1.54) is 16.7 Å². The maximum Gasteiger partial charge on any atom is 0.636 e. The van der Waals surface area contributed by atoms with Crippen LogP contribution in [0, 0.1) is 0 Å². The van der Waals surface area contributed by atoms with E-state index in [0.717, 1.165) is 18.1 Å². The van der Waals surface area contributed by atoms with Crippen LogP contribution in [0.25, 0.3) is 0 Å². The zero-order chi connectivity index (χ0) is 32.6. The van der Waals surface area contributed by atoms with Crippen molar-refractivity contribution < 1.29 is 16.5 Å². The number of hydrogen-bond donors (Lipinski definition) is 0. The predicted molar refractivity (Wildman–Crippen MR) is 200 cm³/mol. The normalized spacial score (nSPS) is 16.4. The van der Waals surface area contributed by atoms with Crippen LogP contribution in [0.5, 0.6) is 0 Å². The second kappa shape index (κ2) is 15.9. The summed E-state index contributed by atoms with van der Waals surface area (Å²) >= 11 is 0. The molecule has 0 saturated carbocycles. The van der Waals surface area contributed by atoms with Crippen molar-refractivity contribution in [3.63, 3.8) is 0 Å². The highest BCUT2D eigenvalue weighted by atomic mass is 28.5. The second-order valence-corrected chi connectivity index (χ2v) is 33.1. The quantitative estimate of drug-likeness (QED) is 0.133. The zero-order valence-electron chi connectivity index (χ0n) is 29.2. The molecule has 0 aliphatic heterocycles. The van der Waals surface area contributed by atoms with Crippen LogP contribution < -0.4 is 0 Å². The van der Waals surface area contributed by atoms with E-state index in [2.05, 4.69) is 164 Å². The Morgan fingerprint density at radius 1 is 0.477 bits per heavy atom. The first-order valence-corrected chi connectivity index (χ1v) is 30.2. The molecule has 0 radical (unpaired) electrons. The van der Waals surface area contributed by atoms with E-state index < -0.39 is 43.0 Å². The van der Waals surface area contributed by atoms with Gasteiger partial charge in [-0.05, 0) is 105 Å². The molecule has 0 aliphatic rings. The Morgan fingerprint density at radius 3 is 0.955 bits per heavy atom. The van der Waals surface area contributed by atoms with Gasteiger partial charge >= 0.3 is 9.05 Å². The second-order valence-electron chi connectivity index (χ2n) is 14.8. The highest BCUT2D eigenvalue weighted by Crippen LogP contribution is 2.37. The van der Waals surface area contributed by atoms with Gasteiger partial charge in [0.2, 0.25) is 0 Å². The molecule has 3 aromatic rings. The Balaban J connectivity index is 1.96. The molecule has 9 heteroatoms. The summed E-state index contributed by atoms with van der Waals surface area (Å²) in [6.07, 6.45) is 0. The molecule has 0 aromatic heterocycles. The van der Waals surface area contributed by atoms with Crippen molar-refractivity contribution >= 4 is 43.0 Å². The van der Waals surface area contributed by atoms with Crippen LogP contribution in [0.1, 0.15) is 55.2 Å². The third kappa shape index (κ3) is 12.1. The summed E-state index contributed by atoms with van der Waals surface area (Å²) in [5, 5.41) is 0. The first kappa shape index (κ1) is 37.0. The Bertz CT molecular complexity index is 1110. The smallest absolute Gasteiger partial charge is 0.399 e. The molecule has 4 nitrogen and oxygen atoms in total. The summed E-state index contributed by atoms with van der Waals surface area (Å²) in [5.74, 6) is 1.15. The molecule has 3 unspecified atom stereocenters. The van der Waals surface area contributed by atoms with Crippen molar-refractivity contribution in [1.29, 1.82) is 0 Å². The molecule has 0 aliphatic carbocycles. The number of rotatable bonds is 17. The molecule has 0 heterocycles. The molecule has 0 spiro atoms. The number of hydrogen-bond acceptors (Lipinski definition) is 4. The standard InChI is InChI=1S/C35H58O4Si5/c1-30(33-21-15-12-16-22-33)27-41(6,7)37-44(36-40(4)5,38-42(8,9)28-31(2)34-23-17-13-18-24-34)39-43(10,11)29-32(3)35-25-19-14-20-26-35/h12-26,30-32,40H,27-29H2,1-11H3. The van der Waals surface area contributed by atoms with E-state index in [4.69, 9.17) is 16.5 Å². The molecule has 0 bridgehead atoms. The fourth-order valence-corrected chi connectivity index (χ4v) is 26.5. The summed E-state index contributed by atoms with van der Waals surface area (Å²) in [6, 6.07) is 35.3. The van der Waals surface area contributed by atoms with Gasteiger partial charge in [0.05, 0.1) is 0 Å². The van der Waals surface area contributed by atoms with Gasteiger partial charge < -0.3 is 16.5 Å². The average Bonchev–Trinajstić information content (AvgIpc) is 2.92. The van der Waals surface area contributed by atoms with Gasteiger partial charge in [-0.25, -0.2) is 0 Å². The van der Waals surface area contributed by atoms with Gasteiger partial charge in [0.25, 0.3) is 0 Å². The van der Waals surface area contributed by atoms with Crippen molar-refractivity contribution in [3.8, 4) is 0 Å². The molecule has 0 fully saturated rings. The average molecular weight is 683 g/mol. The predicted octanol–water partition coefficient (Wildman–Crippen LogP) is 10.5. The molecular weight excluding hydrogens is 625 g/mol. The van der Waals surface area contributed by atoms with Crippen LogP contribution >= 0.6 is 0 Å². The molecule has 3 atom stereocenters. The fraction of sp³-hybridized carbons (Fsp3) is 0.486. The van der Waals surface area contributed by atoms with E-state index in [9.17, 15) is 0 Å². The summed E-state index contributed by atoms with van der Waals surface area (Å²) in [4.78, 5) is 0. The minimum Gasteiger partial charge on any atom is -0.399 e. The molecule has 0 N–H and O–H groups in total. The maximum absolute atomic E-state index is 7.39. The summed E-state index contributed by atoms with van der Waals surface area (Å²) in [6.45, 7) is 25.4. The van der Waals surface area contributed by atoms with Crippen LogP contribution in [0.15, 0.2) is 91.0 Å². The van der Waals surface area contributed by atoms with Crippen LogP contribution in [-0.2, 0) is 16.5 Å². The Kier molecular flexibility index (Phi) is 13.4. The monoisotopic (exact) mass is 682 g/mol. The molecular formula is C35H58O4Si5. The third-order valence-electron chi connectivity index (χ3n) is 8.08. The van der Waals surface area contributed by atoms with Gasteiger partial charge in [-0.1, -0.05) is 112 Å². The minimum absolute atomic E-state index is 0.382. The van der Waals surface area contributed by atoms with Crippen molar-refractivity contribution in [2.24, 2.45) is 0 Å². The van der Waals surface area contributed by atoms with E-state index in [0.29, 0.717) is 17.8 Å². The van der Waals surface area contributed by atoms with Crippen LogP contribution in [0.4, 0.5) is 0 Å². The Morgan fingerprint density at radius 2 is 0.727 bits per heavy atom. The van der Waals surface area contributed by atoms with Crippen LogP contribution in [0.2, 0.25) is 70.5 Å². The maximum atomic E-state index is 7.39. The van der Waals surface area contributed by atoms with Gasteiger partial charge in [0.1, 0.15) is 0 Å². The minimum atomic E-state index is -3.52. The van der Waals surface area contributed by atoms with Crippen LogP contribution in [-0.4, -0.2) is 43.0 Å². The van der Waals surface area contributed by atoms with Gasteiger partial charge in [-0.3, -0.25) is 0 Å². The van der Waals surface area contributed by atoms with E-state index in [1.54, 1.807) is 0 Å². The van der Waals surface area contributed by atoms with Crippen LogP contribution in [0.3, 0.4) is 0 Å². The topological polar surface area (TPSA) is 36.9 Å². The lowest BCUT2D eigenvalue weighted by Gasteiger charge is -2.45. The van der Waals surface area contributed by atoms with Gasteiger partial charge in [-0.15, -0.1) is 0 Å². The first-order valence-electron chi connectivity index (χ1n) is 16.4. The SMILES string of the molecule is CC(C[Si](C)(C)O[Si](O[SiH](C)C)(O[Si](C)(C)CC(C)c1ccccc1)O[Si](C)(C)CC(C)c1ccccc1)c1ccccc1. The van der Waals surface area contributed by atoms with Crippen molar-refractivity contribution in [3.05, 3.63) is 108 Å². The molecule has 242 valence electrons. The lowest BCUT2D eigenvalue weighted by molar-refractivity contribution is 0.149. The van der Waals surface area contributed by atoms with Crippen molar-refractivity contribution in [2.45, 2.75) is 109 Å². The highest BCUT2D eigenvalue weighted by Gasteiger charge is 2.56. The van der Waals surface area contributed by atoms with E-state index >= 15 is 0 Å². The van der Waals surface area contributed by atoms with Gasteiger partial charge in [0.15, 0.2) is 34.0 Å². The highest BCUT2D eigenvalue weighted by molar-refractivity contribution is 6.90. The summed E-state index contributed by atoms with van der Waals surface area (Å²) < 4.78 is 29.2. The van der Waals surface area contributed by atoms with Crippen molar-refractivity contribution in [2.75, 3.05) is 0 Å². The third-order valence-corrected chi connectivity index (χ3v) is 25.5. The van der Waals surface area contributed by atoms with E-state index in [-0.39, 0.29) is 0 Å². The molecule has 3 rings (SSSR count). The molecule has 0 amide bonds. The Hall–Kier alpha value is -1.42. The van der Waals surface area contributed by atoms with Crippen molar-refractivity contribution in [1.82, 2.24) is 0 Å². The first-order chi connectivity index (χ1) is 20.5. The molecule has 44 heavy (non-hydrogen) atoms. The zero-order valence-corrected chi connectivity index (χ0v) is 34.4. The van der Waals surface area contributed by atoms with Gasteiger partial charge in [0, 0.05) is 0 Å². The molecule has 3 aromatic carbocycles. The fourth-order valence-electron chi connectivity index (χ4n) is 6.47. The lowest BCUT2D eigenvalue weighted by Crippen LogP contribution is -2.65. The molecule has 0 saturated heterocycles.